The van der Waals surface area contributed by atoms with E-state index in [1.54, 1.807) is 18.2 Å². The zero-order chi connectivity index (χ0) is 13.2. The Balaban J connectivity index is 0.00000180. The molecule has 108 valence electrons. The third kappa shape index (κ3) is 4.43. The van der Waals surface area contributed by atoms with E-state index in [1.165, 1.54) is 0 Å². The minimum atomic E-state index is -3.40. The number of hydrogen-bond donors (Lipinski definition) is 2. The molecule has 1 aliphatic rings. The van der Waals surface area contributed by atoms with E-state index in [0.29, 0.717) is 4.90 Å². The maximum atomic E-state index is 12.2. The summed E-state index contributed by atoms with van der Waals surface area (Å²) in [6.45, 7) is 3.62. The predicted molar refractivity (Wildman–Crippen MR) is 82.3 cm³/mol. The first-order valence-corrected chi connectivity index (χ1v) is 8.26. The van der Waals surface area contributed by atoms with E-state index in [1.807, 2.05) is 6.92 Å². The Morgan fingerprint density at radius 3 is 2.53 bits per heavy atom. The molecule has 1 aromatic carbocycles. The fourth-order valence-corrected chi connectivity index (χ4v) is 3.65. The minimum Gasteiger partial charge on any atom is -0.317 e. The summed E-state index contributed by atoms with van der Waals surface area (Å²) in [4.78, 5) is 0.335. The summed E-state index contributed by atoms with van der Waals surface area (Å²) in [5.41, 5.74) is 0.920. The second-order valence-corrected chi connectivity index (χ2v) is 7.12. The van der Waals surface area contributed by atoms with Gasteiger partial charge < -0.3 is 5.32 Å². The quantitative estimate of drug-likeness (QED) is 0.859. The number of rotatable bonds is 3. The van der Waals surface area contributed by atoms with Gasteiger partial charge in [-0.15, -0.1) is 12.4 Å². The Kier molecular flexibility index (Phi) is 6.26. The topological polar surface area (TPSA) is 58.2 Å². The van der Waals surface area contributed by atoms with Gasteiger partial charge in [-0.3, -0.25) is 0 Å². The molecule has 1 fully saturated rings. The Morgan fingerprint density at radius 2 is 1.95 bits per heavy atom. The van der Waals surface area contributed by atoms with Gasteiger partial charge in [-0.2, -0.15) is 0 Å². The number of nitrogens with one attached hydrogen (secondary N) is 2. The van der Waals surface area contributed by atoms with Crippen LogP contribution in [0, 0.1) is 6.92 Å². The van der Waals surface area contributed by atoms with Crippen LogP contribution in [0.1, 0.15) is 18.4 Å². The maximum Gasteiger partial charge on any atom is 0.240 e. The normalized spacial score (nSPS) is 16.9. The van der Waals surface area contributed by atoms with E-state index in [-0.39, 0.29) is 18.4 Å². The van der Waals surface area contributed by atoms with Crippen LogP contribution in [0.25, 0.3) is 0 Å². The lowest BCUT2D eigenvalue weighted by atomic mass is 10.1. The Morgan fingerprint density at radius 1 is 1.32 bits per heavy atom. The first-order valence-electron chi connectivity index (χ1n) is 5.98. The van der Waals surface area contributed by atoms with Crippen molar-refractivity contribution in [2.24, 2.45) is 0 Å². The lowest BCUT2D eigenvalue weighted by Crippen LogP contribution is -2.42. The van der Waals surface area contributed by atoms with E-state index in [2.05, 4.69) is 26.0 Å². The van der Waals surface area contributed by atoms with Crippen LogP contribution in [0.2, 0.25) is 0 Å². The third-order valence-electron chi connectivity index (χ3n) is 3.10. The number of aryl methyl sites for hydroxylation is 1. The third-order valence-corrected chi connectivity index (χ3v) is 5.51. The summed E-state index contributed by atoms with van der Waals surface area (Å²) in [7, 11) is -3.40. The number of piperidine rings is 1. The van der Waals surface area contributed by atoms with Gasteiger partial charge in [0.25, 0.3) is 0 Å². The second-order valence-electron chi connectivity index (χ2n) is 4.56. The molecule has 4 nitrogen and oxygen atoms in total. The summed E-state index contributed by atoms with van der Waals surface area (Å²) in [6.07, 6.45) is 1.68. The molecule has 0 atom stereocenters. The molecule has 1 heterocycles. The summed E-state index contributed by atoms with van der Waals surface area (Å²) in [6, 6.07) is 5.13. The van der Waals surface area contributed by atoms with Crippen molar-refractivity contribution in [1.82, 2.24) is 10.0 Å². The largest absolute Gasteiger partial charge is 0.317 e. The fourth-order valence-electron chi connectivity index (χ4n) is 2.01. The highest BCUT2D eigenvalue weighted by Crippen LogP contribution is 2.20. The van der Waals surface area contributed by atoms with Crippen molar-refractivity contribution in [1.29, 1.82) is 0 Å². The summed E-state index contributed by atoms with van der Waals surface area (Å²) >= 11 is 3.37. The minimum absolute atomic E-state index is 0. The summed E-state index contributed by atoms with van der Waals surface area (Å²) in [5, 5.41) is 3.22. The smallest absolute Gasteiger partial charge is 0.240 e. The van der Waals surface area contributed by atoms with Gasteiger partial charge in [-0.25, -0.2) is 13.1 Å². The molecule has 0 amide bonds. The van der Waals surface area contributed by atoms with Gasteiger partial charge in [-0.05, 0) is 56.6 Å². The fraction of sp³-hybridized carbons (Fsp3) is 0.500. The van der Waals surface area contributed by atoms with Crippen LogP contribution >= 0.6 is 28.3 Å². The van der Waals surface area contributed by atoms with Gasteiger partial charge in [0.05, 0.1) is 4.90 Å². The van der Waals surface area contributed by atoms with Crippen molar-refractivity contribution in [3.63, 3.8) is 0 Å². The van der Waals surface area contributed by atoms with Crippen molar-refractivity contribution >= 4 is 38.4 Å². The Hall–Kier alpha value is -0.140. The van der Waals surface area contributed by atoms with Gasteiger partial charge in [-0.1, -0.05) is 15.9 Å². The predicted octanol–water partition coefficient (Wildman–Crippen LogP) is 2.21. The lowest BCUT2D eigenvalue weighted by Gasteiger charge is -2.23. The molecule has 0 saturated carbocycles. The molecular formula is C12H18BrClN2O2S. The second kappa shape index (κ2) is 7.04. The molecule has 1 aliphatic heterocycles. The molecule has 1 aromatic rings. The van der Waals surface area contributed by atoms with Crippen molar-refractivity contribution in [3.8, 4) is 0 Å². The lowest BCUT2D eigenvalue weighted by molar-refractivity contribution is 0.427. The van der Waals surface area contributed by atoms with Crippen LogP contribution in [0.15, 0.2) is 27.6 Å². The van der Waals surface area contributed by atoms with Gasteiger partial charge >= 0.3 is 0 Å². The van der Waals surface area contributed by atoms with Crippen molar-refractivity contribution < 1.29 is 8.42 Å². The molecule has 19 heavy (non-hydrogen) atoms. The molecule has 0 unspecified atom stereocenters. The number of sulfonamides is 1. The van der Waals surface area contributed by atoms with Crippen LogP contribution in [0.4, 0.5) is 0 Å². The van der Waals surface area contributed by atoms with Gasteiger partial charge in [0, 0.05) is 10.5 Å². The number of hydrogen-bond acceptors (Lipinski definition) is 3. The van der Waals surface area contributed by atoms with Gasteiger partial charge in [0.1, 0.15) is 0 Å². The van der Waals surface area contributed by atoms with E-state index in [9.17, 15) is 8.42 Å². The molecule has 0 aromatic heterocycles. The molecule has 2 rings (SSSR count). The van der Waals surface area contributed by atoms with E-state index >= 15 is 0 Å². The zero-order valence-electron chi connectivity index (χ0n) is 10.6. The summed E-state index contributed by atoms with van der Waals surface area (Å²) in [5.74, 6) is 0. The number of halogens is 2. The molecule has 0 spiro atoms. The molecule has 7 heteroatoms. The zero-order valence-corrected chi connectivity index (χ0v) is 13.9. The molecular weight excluding hydrogens is 352 g/mol. The average Bonchev–Trinajstić information content (AvgIpc) is 2.33. The van der Waals surface area contributed by atoms with Crippen LogP contribution < -0.4 is 10.0 Å². The Labute approximate surface area is 128 Å². The monoisotopic (exact) mass is 368 g/mol. The van der Waals surface area contributed by atoms with Gasteiger partial charge in [0.2, 0.25) is 10.0 Å². The van der Waals surface area contributed by atoms with Gasteiger partial charge in [0.15, 0.2) is 0 Å². The SMILES string of the molecule is Cc1cc(S(=O)(=O)NC2CCNCC2)ccc1Br.Cl. The van der Waals surface area contributed by atoms with E-state index < -0.39 is 10.0 Å². The molecule has 1 saturated heterocycles. The Bertz CT molecular complexity index is 531. The first-order chi connectivity index (χ1) is 8.49. The van der Waals surface area contributed by atoms with Crippen LogP contribution in [0.5, 0.6) is 0 Å². The number of benzene rings is 1. The first kappa shape index (κ1) is 16.9. The average molecular weight is 370 g/mol. The van der Waals surface area contributed by atoms with Crippen LogP contribution in [-0.2, 0) is 10.0 Å². The summed E-state index contributed by atoms with van der Waals surface area (Å²) < 4.78 is 28.1. The molecule has 2 N–H and O–H groups in total. The molecule has 0 bridgehead atoms. The van der Waals surface area contributed by atoms with Crippen molar-refractivity contribution in [2.75, 3.05) is 13.1 Å². The maximum absolute atomic E-state index is 12.2. The molecule has 0 radical (unpaired) electrons. The van der Waals surface area contributed by atoms with Crippen LogP contribution in [-0.4, -0.2) is 27.5 Å². The molecule has 0 aliphatic carbocycles. The highest BCUT2D eigenvalue weighted by atomic mass is 79.9. The highest BCUT2D eigenvalue weighted by Gasteiger charge is 2.21. The van der Waals surface area contributed by atoms with Crippen molar-refractivity contribution in [2.45, 2.75) is 30.7 Å². The van der Waals surface area contributed by atoms with Crippen molar-refractivity contribution in [3.05, 3.63) is 28.2 Å². The van der Waals surface area contributed by atoms with Crippen LogP contribution in [0.3, 0.4) is 0 Å². The van der Waals surface area contributed by atoms with E-state index in [0.717, 1.165) is 36.0 Å². The van der Waals surface area contributed by atoms with E-state index in [4.69, 9.17) is 0 Å². The standard InChI is InChI=1S/C12H17BrN2O2S.ClH/c1-9-8-11(2-3-12(9)13)18(16,17)15-10-4-6-14-7-5-10;/h2-3,8,10,14-15H,4-7H2,1H3;1H. The highest BCUT2D eigenvalue weighted by molar-refractivity contribution is 9.10.